The van der Waals surface area contributed by atoms with Crippen LogP contribution in [0.4, 0.5) is 5.82 Å². The molecule has 0 radical (unpaired) electrons. The molecule has 0 bridgehead atoms. The van der Waals surface area contributed by atoms with Crippen molar-refractivity contribution in [2.45, 2.75) is 31.7 Å². The molecule has 1 fully saturated rings. The van der Waals surface area contributed by atoms with Gasteiger partial charge in [0.1, 0.15) is 11.4 Å². The van der Waals surface area contributed by atoms with Crippen molar-refractivity contribution in [2.24, 2.45) is 0 Å². The standard InChI is InChI=1S/C10H13N3O3/c14-9-7(10(15)16)5-8(12-13-9)11-6-3-1-2-4-6/h5-6H,1-4H2,(H,11,12)(H,13,14)(H,15,16). The number of nitrogens with zero attached hydrogens (tertiary/aromatic N) is 1. The van der Waals surface area contributed by atoms with Crippen LogP contribution in [0.25, 0.3) is 0 Å². The number of rotatable bonds is 3. The number of carboxylic acids is 1. The first kappa shape index (κ1) is 10.7. The van der Waals surface area contributed by atoms with Gasteiger partial charge in [0, 0.05) is 12.1 Å². The number of aromatic carboxylic acids is 1. The summed E-state index contributed by atoms with van der Waals surface area (Å²) < 4.78 is 0. The molecule has 0 spiro atoms. The maximum absolute atomic E-state index is 11.1. The number of anilines is 1. The van der Waals surface area contributed by atoms with Gasteiger partial charge in [-0.25, -0.2) is 9.89 Å². The molecule has 0 aliphatic heterocycles. The SMILES string of the molecule is O=C(O)c1cc(NC2CCCC2)n[nH]c1=O. The summed E-state index contributed by atoms with van der Waals surface area (Å²) in [6.07, 6.45) is 4.46. The number of hydrogen-bond donors (Lipinski definition) is 3. The Morgan fingerprint density at radius 2 is 2.19 bits per heavy atom. The van der Waals surface area contributed by atoms with Gasteiger partial charge >= 0.3 is 5.97 Å². The van der Waals surface area contributed by atoms with Crippen molar-refractivity contribution < 1.29 is 9.90 Å². The van der Waals surface area contributed by atoms with E-state index in [4.69, 9.17) is 5.11 Å². The van der Waals surface area contributed by atoms with Crippen molar-refractivity contribution >= 4 is 11.8 Å². The van der Waals surface area contributed by atoms with Gasteiger partial charge in [-0.05, 0) is 12.8 Å². The van der Waals surface area contributed by atoms with Gasteiger partial charge < -0.3 is 10.4 Å². The van der Waals surface area contributed by atoms with Gasteiger partial charge in [-0.3, -0.25) is 4.79 Å². The average molecular weight is 223 g/mol. The molecule has 0 atom stereocenters. The number of H-pyrrole nitrogens is 1. The third-order valence-corrected chi connectivity index (χ3v) is 2.74. The highest BCUT2D eigenvalue weighted by Gasteiger charge is 2.16. The molecule has 0 aromatic carbocycles. The maximum Gasteiger partial charge on any atom is 0.341 e. The van der Waals surface area contributed by atoms with Gasteiger partial charge in [-0.15, -0.1) is 0 Å². The lowest BCUT2D eigenvalue weighted by Crippen LogP contribution is -2.22. The highest BCUT2D eigenvalue weighted by Crippen LogP contribution is 2.20. The molecule has 0 saturated heterocycles. The average Bonchev–Trinajstić information content (AvgIpc) is 2.73. The maximum atomic E-state index is 11.1. The Balaban J connectivity index is 2.18. The Morgan fingerprint density at radius 3 is 2.81 bits per heavy atom. The Labute approximate surface area is 91.7 Å². The Morgan fingerprint density at radius 1 is 1.50 bits per heavy atom. The smallest absolute Gasteiger partial charge is 0.341 e. The highest BCUT2D eigenvalue weighted by atomic mass is 16.4. The Kier molecular flexibility index (Phi) is 2.89. The van der Waals surface area contributed by atoms with Crippen LogP contribution in [0.15, 0.2) is 10.9 Å². The molecule has 6 heteroatoms. The lowest BCUT2D eigenvalue weighted by Gasteiger charge is -2.11. The number of aromatic amines is 1. The molecule has 1 aliphatic rings. The van der Waals surface area contributed by atoms with E-state index in [2.05, 4.69) is 15.5 Å². The van der Waals surface area contributed by atoms with E-state index < -0.39 is 11.5 Å². The van der Waals surface area contributed by atoms with Crippen LogP contribution in [0.3, 0.4) is 0 Å². The normalized spacial score (nSPS) is 16.2. The summed E-state index contributed by atoms with van der Waals surface area (Å²) in [5.41, 5.74) is -0.958. The topological polar surface area (TPSA) is 95.1 Å². The minimum Gasteiger partial charge on any atom is -0.477 e. The second kappa shape index (κ2) is 4.34. The first-order valence-electron chi connectivity index (χ1n) is 5.26. The number of carbonyl (C=O) groups is 1. The molecule has 2 rings (SSSR count). The predicted octanol–water partition coefficient (Wildman–Crippen LogP) is 0.823. The first-order valence-corrected chi connectivity index (χ1v) is 5.26. The number of aromatic nitrogens is 2. The molecule has 3 N–H and O–H groups in total. The van der Waals surface area contributed by atoms with Crippen LogP contribution >= 0.6 is 0 Å². The molecule has 86 valence electrons. The Bertz CT molecular complexity index is 449. The molecule has 1 aromatic heterocycles. The van der Waals surface area contributed by atoms with Crippen molar-refractivity contribution in [1.82, 2.24) is 10.2 Å². The quantitative estimate of drug-likeness (QED) is 0.705. The van der Waals surface area contributed by atoms with Gasteiger partial charge in [-0.1, -0.05) is 12.8 Å². The van der Waals surface area contributed by atoms with Crippen molar-refractivity contribution in [1.29, 1.82) is 0 Å². The van der Waals surface area contributed by atoms with E-state index in [0.29, 0.717) is 11.9 Å². The molecule has 1 aliphatic carbocycles. The minimum atomic E-state index is -1.24. The van der Waals surface area contributed by atoms with E-state index in [-0.39, 0.29) is 5.56 Å². The van der Waals surface area contributed by atoms with Gasteiger partial charge in [0.05, 0.1) is 0 Å². The van der Waals surface area contributed by atoms with Crippen molar-refractivity contribution in [3.63, 3.8) is 0 Å². The molecule has 1 saturated carbocycles. The van der Waals surface area contributed by atoms with Gasteiger partial charge in [-0.2, -0.15) is 5.10 Å². The highest BCUT2D eigenvalue weighted by molar-refractivity contribution is 5.87. The predicted molar refractivity (Wildman–Crippen MR) is 57.7 cm³/mol. The molecule has 1 aromatic rings. The van der Waals surface area contributed by atoms with Crippen LogP contribution in [0.5, 0.6) is 0 Å². The van der Waals surface area contributed by atoms with Crippen LogP contribution in [0, 0.1) is 0 Å². The summed E-state index contributed by atoms with van der Waals surface area (Å²) in [6.45, 7) is 0. The largest absolute Gasteiger partial charge is 0.477 e. The summed E-state index contributed by atoms with van der Waals surface area (Å²) in [4.78, 5) is 21.9. The summed E-state index contributed by atoms with van der Waals surface area (Å²) in [5.74, 6) is -0.818. The number of hydrogen-bond acceptors (Lipinski definition) is 4. The lowest BCUT2D eigenvalue weighted by molar-refractivity contribution is 0.0694. The van der Waals surface area contributed by atoms with Crippen molar-refractivity contribution in [3.05, 3.63) is 22.0 Å². The molecule has 1 heterocycles. The monoisotopic (exact) mass is 223 g/mol. The third-order valence-electron chi connectivity index (χ3n) is 2.74. The van der Waals surface area contributed by atoms with Crippen LogP contribution < -0.4 is 10.9 Å². The van der Waals surface area contributed by atoms with Crippen LogP contribution in [0.2, 0.25) is 0 Å². The summed E-state index contributed by atoms with van der Waals surface area (Å²) >= 11 is 0. The fraction of sp³-hybridized carbons (Fsp3) is 0.500. The van der Waals surface area contributed by atoms with E-state index in [0.717, 1.165) is 12.8 Å². The zero-order valence-corrected chi connectivity index (χ0v) is 8.69. The second-order valence-electron chi connectivity index (χ2n) is 3.93. The zero-order valence-electron chi connectivity index (χ0n) is 8.69. The minimum absolute atomic E-state index is 0.282. The van der Waals surface area contributed by atoms with Crippen LogP contribution in [-0.4, -0.2) is 27.3 Å². The molecule has 0 unspecified atom stereocenters. The Hall–Kier alpha value is -1.85. The molecular formula is C10H13N3O3. The van der Waals surface area contributed by atoms with Gasteiger partial charge in [0.25, 0.3) is 5.56 Å². The molecule has 16 heavy (non-hydrogen) atoms. The van der Waals surface area contributed by atoms with Crippen molar-refractivity contribution in [3.8, 4) is 0 Å². The zero-order chi connectivity index (χ0) is 11.5. The van der Waals surface area contributed by atoms with E-state index in [1.807, 2.05) is 0 Å². The molecule has 0 amide bonds. The fourth-order valence-electron chi connectivity index (χ4n) is 1.92. The van der Waals surface area contributed by atoms with Crippen LogP contribution in [-0.2, 0) is 0 Å². The summed E-state index contributed by atoms with van der Waals surface area (Å²) in [5, 5.41) is 17.8. The first-order chi connectivity index (χ1) is 7.66. The molecule has 6 nitrogen and oxygen atoms in total. The fourth-order valence-corrected chi connectivity index (χ4v) is 1.92. The summed E-state index contributed by atoms with van der Waals surface area (Å²) in [6, 6.07) is 1.61. The molecular weight excluding hydrogens is 210 g/mol. The van der Waals surface area contributed by atoms with E-state index in [1.165, 1.54) is 18.9 Å². The van der Waals surface area contributed by atoms with Gasteiger partial charge in [0.15, 0.2) is 0 Å². The van der Waals surface area contributed by atoms with E-state index >= 15 is 0 Å². The second-order valence-corrected chi connectivity index (χ2v) is 3.93. The third kappa shape index (κ3) is 2.21. The van der Waals surface area contributed by atoms with Gasteiger partial charge in [0.2, 0.25) is 0 Å². The van der Waals surface area contributed by atoms with E-state index in [9.17, 15) is 9.59 Å². The number of nitrogens with one attached hydrogen (secondary N) is 2. The van der Waals surface area contributed by atoms with E-state index in [1.54, 1.807) is 0 Å². The van der Waals surface area contributed by atoms with Crippen LogP contribution in [0.1, 0.15) is 36.0 Å². The number of carboxylic acid groups (broad SMARTS) is 1. The van der Waals surface area contributed by atoms with Crippen molar-refractivity contribution in [2.75, 3.05) is 5.32 Å². The summed E-state index contributed by atoms with van der Waals surface area (Å²) in [7, 11) is 0. The lowest BCUT2D eigenvalue weighted by atomic mass is 10.2.